The summed E-state index contributed by atoms with van der Waals surface area (Å²) in [5.41, 5.74) is 4.74. The maximum Gasteiger partial charge on any atom is 0.223 e. The molecule has 1 N–H and O–H groups in total. The molecule has 0 atom stereocenters. The van der Waals surface area contributed by atoms with Crippen LogP contribution in [-0.4, -0.2) is 35.1 Å². The maximum absolute atomic E-state index is 12.3. The van der Waals surface area contributed by atoms with Crippen LogP contribution in [0.5, 0.6) is 0 Å². The fraction of sp³-hybridized carbons (Fsp3) is 0.417. The molecule has 0 bridgehead atoms. The molecule has 1 fully saturated rings. The summed E-state index contributed by atoms with van der Waals surface area (Å²) in [5, 5.41) is 3.05. The molecule has 0 radical (unpaired) electrons. The average molecular weight is 391 g/mol. The van der Waals surface area contributed by atoms with E-state index in [2.05, 4.69) is 71.1 Å². The smallest absolute Gasteiger partial charge is 0.223 e. The Balaban J connectivity index is 1.57. The number of carbonyl (C=O) groups excluding carboxylic acids is 1. The number of imidazole rings is 1. The van der Waals surface area contributed by atoms with Crippen molar-refractivity contribution in [2.75, 3.05) is 24.5 Å². The summed E-state index contributed by atoms with van der Waals surface area (Å²) in [6.07, 6.45) is 2.74. The van der Waals surface area contributed by atoms with E-state index in [-0.39, 0.29) is 11.8 Å². The SMILES string of the molecule is CCCNC(=O)C1CCN(c2nc3ccccc3n2Cc2cccc(C)c2)CC1. The molecular weight excluding hydrogens is 360 g/mol. The fourth-order valence-corrected chi connectivity index (χ4v) is 4.19. The molecule has 1 aromatic heterocycles. The molecule has 0 spiro atoms. The first kappa shape index (κ1) is 19.5. The zero-order valence-electron chi connectivity index (χ0n) is 17.4. The Bertz CT molecular complexity index is 985. The van der Waals surface area contributed by atoms with Gasteiger partial charge in [-0.1, -0.05) is 48.9 Å². The molecule has 1 amide bonds. The first-order valence-electron chi connectivity index (χ1n) is 10.7. The number of rotatable bonds is 6. The Kier molecular flexibility index (Phi) is 5.84. The van der Waals surface area contributed by atoms with E-state index in [1.54, 1.807) is 0 Å². The summed E-state index contributed by atoms with van der Waals surface area (Å²) in [6.45, 7) is 7.51. The Hall–Kier alpha value is -2.82. The van der Waals surface area contributed by atoms with Crippen LogP contribution >= 0.6 is 0 Å². The predicted molar refractivity (Wildman–Crippen MR) is 118 cm³/mol. The number of para-hydroxylation sites is 2. The first-order chi connectivity index (χ1) is 14.2. The molecule has 4 rings (SSSR count). The predicted octanol–water partition coefficient (Wildman–Crippen LogP) is 4.14. The lowest BCUT2D eigenvalue weighted by Gasteiger charge is -2.32. The van der Waals surface area contributed by atoms with Crippen LogP contribution < -0.4 is 10.2 Å². The van der Waals surface area contributed by atoms with Gasteiger partial charge in [-0.15, -0.1) is 0 Å². The summed E-state index contributed by atoms with van der Waals surface area (Å²) < 4.78 is 2.32. The van der Waals surface area contributed by atoms with Gasteiger partial charge in [-0.25, -0.2) is 4.98 Å². The Labute approximate surface area is 172 Å². The third-order valence-corrected chi connectivity index (χ3v) is 5.76. The van der Waals surface area contributed by atoms with Crippen molar-refractivity contribution in [3.63, 3.8) is 0 Å². The molecule has 5 nitrogen and oxygen atoms in total. The second-order valence-corrected chi connectivity index (χ2v) is 8.03. The number of aryl methyl sites for hydroxylation is 1. The minimum absolute atomic E-state index is 0.118. The summed E-state index contributed by atoms with van der Waals surface area (Å²) in [6, 6.07) is 17.0. The zero-order chi connectivity index (χ0) is 20.2. The van der Waals surface area contributed by atoms with Crippen LogP contribution in [0, 0.1) is 12.8 Å². The van der Waals surface area contributed by atoms with E-state index in [1.165, 1.54) is 11.1 Å². The van der Waals surface area contributed by atoms with E-state index < -0.39 is 0 Å². The van der Waals surface area contributed by atoms with E-state index in [4.69, 9.17) is 4.98 Å². The number of carbonyl (C=O) groups is 1. The summed E-state index contributed by atoms with van der Waals surface area (Å²) in [7, 11) is 0. The van der Waals surface area contributed by atoms with Gasteiger partial charge in [0.05, 0.1) is 17.6 Å². The highest BCUT2D eigenvalue weighted by atomic mass is 16.1. The standard InChI is InChI=1S/C24H30N4O/c1-3-13-25-23(29)20-11-14-27(15-12-20)24-26-21-9-4-5-10-22(21)28(24)17-19-8-6-7-18(2)16-19/h4-10,16,20H,3,11-15,17H2,1-2H3,(H,25,29). The lowest BCUT2D eigenvalue weighted by atomic mass is 9.96. The van der Waals surface area contributed by atoms with Crippen LogP contribution in [0.3, 0.4) is 0 Å². The van der Waals surface area contributed by atoms with Gasteiger partial charge in [-0.3, -0.25) is 4.79 Å². The molecule has 0 saturated carbocycles. The van der Waals surface area contributed by atoms with Gasteiger partial charge in [0.25, 0.3) is 0 Å². The van der Waals surface area contributed by atoms with E-state index in [0.29, 0.717) is 0 Å². The van der Waals surface area contributed by atoms with E-state index >= 15 is 0 Å². The highest BCUT2D eigenvalue weighted by molar-refractivity contribution is 5.80. The molecule has 0 unspecified atom stereocenters. The van der Waals surface area contributed by atoms with Crippen molar-refractivity contribution in [3.8, 4) is 0 Å². The monoisotopic (exact) mass is 390 g/mol. The van der Waals surface area contributed by atoms with Gasteiger partial charge in [-0.2, -0.15) is 0 Å². The van der Waals surface area contributed by atoms with Gasteiger partial charge in [-0.05, 0) is 43.9 Å². The van der Waals surface area contributed by atoms with Crippen molar-refractivity contribution in [1.82, 2.24) is 14.9 Å². The Morgan fingerprint density at radius 1 is 1.14 bits per heavy atom. The number of piperidine rings is 1. The van der Waals surface area contributed by atoms with Crippen molar-refractivity contribution >= 4 is 22.9 Å². The summed E-state index contributed by atoms with van der Waals surface area (Å²) in [5.74, 6) is 1.34. The third kappa shape index (κ3) is 4.29. The van der Waals surface area contributed by atoms with Gasteiger partial charge in [0.2, 0.25) is 11.9 Å². The number of nitrogens with zero attached hydrogens (tertiary/aromatic N) is 3. The second kappa shape index (κ2) is 8.68. The minimum atomic E-state index is 0.118. The number of hydrogen-bond donors (Lipinski definition) is 1. The highest BCUT2D eigenvalue weighted by Gasteiger charge is 2.27. The van der Waals surface area contributed by atoms with Gasteiger partial charge in [0.15, 0.2) is 0 Å². The average Bonchev–Trinajstić information content (AvgIpc) is 3.10. The van der Waals surface area contributed by atoms with E-state index in [1.807, 2.05) is 6.07 Å². The van der Waals surface area contributed by atoms with Crippen LogP contribution in [-0.2, 0) is 11.3 Å². The molecule has 2 aromatic carbocycles. The third-order valence-electron chi connectivity index (χ3n) is 5.76. The molecule has 5 heteroatoms. The van der Waals surface area contributed by atoms with Crippen molar-refractivity contribution in [3.05, 3.63) is 59.7 Å². The number of benzene rings is 2. The number of amides is 1. The summed E-state index contributed by atoms with van der Waals surface area (Å²) in [4.78, 5) is 19.6. The number of fused-ring (bicyclic) bond motifs is 1. The van der Waals surface area contributed by atoms with Gasteiger partial charge in [0.1, 0.15) is 0 Å². The zero-order valence-corrected chi connectivity index (χ0v) is 17.4. The van der Waals surface area contributed by atoms with Gasteiger partial charge < -0.3 is 14.8 Å². The lowest BCUT2D eigenvalue weighted by molar-refractivity contribution is -0.125. The van der Waals surface area contributed by atoms with Crippen LogP contribution in [0.2, 0.25) is 0 Å². The topological polar surface area (TPSA) is 50.2 Å². The van der Waals surface area contributed by atoms with Crippen LogP contribution in [0.4, 0.5) is 5.95 Å². The van der Waals surface area contributed by atoms with Crippen LogP contribution in [0.1, 0.15) is 37.3 Å². The van der Waals surface area contributed by atoms with Crippen LogP contribution in [0.25, 0.3) is 11.0 Å². The number of hydrogen-bond acceptors (Lipinski definition) is 3. The minimum Gasteiger partial charge on any atom is -0.356 e. The molecular formula is C24H30N4O. The van der Waals surface area contributed by atoms with Crippen molar-refractivity contribution < 1.29 is 4.79 Å². The van der Waals surface area contributed by atoms with Crippen molar-refractivity contribution in [2.45, 2.75) is 39.7 Å². The normalized spacial score (nSPS) is 15.0. The number of anilines is 1. The van der Waals surface area contributed by atoms with Crippen LogP contribution in [0.15, 0.2) is 48.5 Å². The molecule has 1 aliphatic heterocycles. The second-order valence-electron chi connectivity index (χ2n) is 8.03. The molecule has 0 aliphatic carbocycles. The molecule has 1 aliphatic rings. The number of aromatic nitrogens is 2. The summed E-state index contributed by atoms with van der Waals surface area (Å²) >= 11 is 0. The van der Waals surface area contributed by atoms with Gasteiger partial charge in [0, 0.05) is 25.6 Å². The maximum atomic E-state index is 12.3. The quantitative estimate of drug-likeness (QED) is 0.688. The first-order valence-corrected chi connectivity index (χ1v) is 10.7. The van der Waals surface area contributed by atoms with Gasteiger partial charge >= 0.3 is 0 Å². The lowest BCUT2D eigenvalue weighted by Crippen LogP contribution is -2.41. The van der Waals surface area contributed by atoms with E-state index in [9.17, 15) is 4.79 Å². The molecule has 29 heavy (non-hydrogen) atoms. The molecule has 152 valence electrons. The molecule has 2 heterocycles. The van der Waals surface area contributed by atoms with Crippen molar-refractivity contribution in [2.24, 2.45) is 5.92 Å². The fourth-order valence-electron chi connectivity index (χ4n) is 4.19. The highest BCUT2D eigenvalue weighted by Crippen LogP contribution is 2.28. The molecule has 3 aromatic rings. The molecule has 1 saturated heterocycles. The largest absolute Gasteiger partial charge is 0.356 e. The van der Waals surface area contributed by atoms with E-state index in [0.717, 1.165) is 62.4 Å². The Morgan fingerprint density at radius 2 is 1.93 bits per heavy atom. The number of nitrogens with one attached hydrogen (secondary N) is 1. The van der Waals surface area contributed by atoms with Crippen molar-refractivity contribution in [1.29, 1.82) is 0 Å². The Morgan fingerprint density at radius 3 is 2.69 bits per heavy atom.